The van der Waals surface area contributed by atoms with Crippen LogP contribution < -0.4 is 20.1 Å². The van der Waals surface area contributed by atoms with Crippen LogP contribution >= 0.6 is 11.6 Å². The third kappa shape index (κ3) is 4.92. The van der Waals surface area contributed by atoms with Crippen LogP contribution in [0.1, 0.15) is 54.1 Å². The Hall–Kier alpha value is -3.31. The number of aromatic nitrogens is 1. The summed E-state index contributed by atoms with van der Waals surface area (Å²) in [4.78, 5) is 17.9. The Morgan fingerprint density at radius 2 is 2.00 bits per heavy atom. The standard InChI is InChI=1S/C33H34ClF2N3O5/c1-17-15-42-16-22(17)39-31(41)20-14-38-32(43-24-10-9-23(24)40)30(36)28(20)27-19-13-33(26-8-5-11-37-26,18-6-3-2-4-7-18)44-25(19)12-21(35)29(27)34/h2-4,6-7,12,14,17,22-24,26,37,40H,5,8-11,13,15-16H2,1H3,(H,39,41)/t17-,22+,23-,24+,26+,33+/m1/s1. The summed E-state index contributed by atoms with van der Waals surface area (Å²) < 4.78 is 50.3. The number of aliphatic hydroxyl groups excluding tert-OH is 1. The van der Waals surface area contributed by atoms with E-state index in [4.69, 9.17) is 25.8 Å². The highest BCUT2D eigenvalue weighted by atomic mass is 35.5. The Morgan fingerprint density at radius 1 is 1.18 bits per heavy atom. The number of pyridine rings is 1. The maximum absolute atomic E-state index is 16.7. The van der Waals surface area contributed by atoms with Gasteiger partial charge in [-0.05, 0) is 37.8 Å². The van der Waals surface area contributed by atoms with E-state index in [1.54, 1.807) is 0 Å². The molecule has 232 valence electrons. The summed E-state index contributed by atoms with van der Waals surface area (Å²) in [7, 11) is 0. The molecular formula is C33H34ClF2N3O5. The number of halogens is 3. The number of benzene rings is 2. The smallest absolute Gasteiger partial charge is 0.253 e. The Bertz CT molecular complexity index is 1590. The summed E-state index contributed by atoms with van der Waals surface area (Å²) >= 11 is 6.71. The van der Waals surface area contributed by atoms with Crippen LogP contribution in [0.2, 0.25) is 5.02 Å². The van der Waals surface area contributed by atoms with Crippen molar-refractivity contribution < 1.29 is 32.9 Å². The van der Waals surface area contributed by atoms with Crippen molar-refractivity contribution in [3.8, 4) is 22.8 Å². The second-order valence-corrected chi connectivity index (χ2v) is 12.6. The molecule has 1 aliphatic carbocycles. The van der Waals surface area contributed by atoms with Crippen LogP contribution in [0.4, 0.5) is 8.78 Å². The van der Waals surface area contributed by atoms with Crippen molar-refractivity contribution in [1.82, 2.24) is 15.6 Å². The van der Waals surface area contributed by atoms with E-state index in [-0.39, 0.29) is 51.9 Å². The van der Waals surface area contributed by atoms with Crippen molar-refractivity contribution in [2.24, 2.45) is 5.92 Å². The first kappa shape index (κ1) is 29.4. The maximum Gasteiger partial charge on any atom is 0.253 e. The van der Waals surface area contributed by atoms with Gasteiger partial charge in [0.15, 0.2) is 11.4 Å². The van der Waals surface area contributed by atoms with Crippen molar-refractivity contribution in [2.45, 2.75) is 68.9 Å². The van der Waals surface area contributed by atoms with Gasteiger partial charge in [0.05, 0.1) is 42.0 Å². The monoisotopic (exact) mass is 625 g/mol. The topological polar surface area (TPSA) is 102 Å². The van der Waals surface area contributed by atoms with Gasteiger partial charge in [0.1, 0.15) is 17.7 Å². The minimum Gasteiger partial charge on any atom is -0.480 e. The highest BCUT2D eigenvalue weighted by molar-refractivity contribution is 6.34. The Morgan fingerprint density at radius 3 is 2.66 bits per heavy atom. The zero-order valence-electron chi connectivity index (χ0n) is 24.2. The molecule has 8 nitrogen and oxygen atoms in total. The van der Waals surface area contributed by atoms with Crippen LogP contribution in [0.5, 0.6) is 11.6 Å². The van der Waals surface area contributed by atoms with Gasteiger partial charge < -0.3 is 30.0 Å². The maximum atomic E-state index is 16.7. The number of carbonyl (C=O) groups excluding carboxylic acids is 1. The van der Waals surface area contributed by atoms with E-state index in [9.17, 15) is 9.90 Å². The lowest BCUT2D eigenvalue weighted by molar-refractivity contribution is -0.0399. The first-order valence-corrected chi connectivity index (χ1v) is 15.6. The number of amides is 1. The average molecular weight is 626 g/mol. The first-order valence-electron chi connectivity index (χ1n) is 15.2. The molecule has 3 N–H and O–H groups in total. The molecule has 7 rings (SSSR count). The molecule has 2 saturated heterocycles. The second kappa shape index (κ2) is 11.6. The molecule has 1 saturated carbocycles. The SMILES string of the molecule is C[C@@H]1COC[C@@H]1NC(=O)c1cnc(O[C@H]2CC[C@H]2O)c(F)c1-c1c(Cl)c(F)cc2c1C[C@](c1ccccc1)([C@@H]1CCCN1)O2. The van der Waals surface area contributed by atoms with Crippen LogP contribution in [0, 0.1) is 17.6 Å². The first-order chi connectivity index (χ1) is 21.3. The van der Waals surface area contributed by atoms with Crippen LogP contribution in [-0.4, -0.2) is 60.0 Å². The van der Waals surface area contributed by atoms with E-state index in [0.717, 1.165) is 24.9 Å². The Balaban J connectivity index is 1.39. The number of nitrogens with one attached hydrogen (secondary N) is 2. The van der Waals surface area contributed by atoms with Gasteiger partial charge in [0, 0.05) is 41.3 Å². The molecule has 3 fully saturated rings. The van der Waals surface area contributed by atoms with Gasteiger partial charge in [0.2, 0.25) is 0 Å². The lowest BCUT2D eigenvalue weighted by atomic mass is 9.80. The van der Waals surface area contributed by atoms with Gasteiger partial charge >= 0.3 is 0 Å². The number of carbonyl (C=O) groups is 1. The lowest BCUT2D eigenvalue weighted by Gasteiger charge is -2.35. The summed E-state index contributed by atoms with van der Waals surface area (Å²) in [6, 6.07) is 10.5. The highest BCUT2D eigenvalue weighted by Gasteiger charge is 2.50. The Kier molecular flexibility index (Phi) is 7.73. The number of hydrogen-bond acceptors (Lipinski definition) is 7. The van der Waals surface area contributed by atoms with E-state index in [0.29, 0.717) is 31.6 Å². The molecule has 1 amide bonds. The van der Waals surface area contributed by atoms with E-state index < -0.39 is 41.2 Å². The normalized spacial score (nSPS) is 29.2. The van der Waals surface area contributed by atoms with E-state index in [1.807, 2.05) is 37.3 Å². The summed E-state index contributed by atoms with van der Waals surface area (Å²) in [6.07, 6.45) is 2.91. The second-order valence-electron chi connectivity index (χ2n) is 12.3. The average Bonchev–Trinajstić information content (AvgIpc) is 3.78. The fourth-order valence-corrected chi connectivity index (χ4v) is 7.08. The van der Waals surface area contributed by atoms with Crippen LogP contribution in [0.25, 0.3) is 11.1 Å². The molecule has 11 heteroatoms. The molecular weight excluding hydrogens is 592 g/mol. The number of ether oxygens (including phenoxy) is 3. The molecule has 2 aromatic carbocycles. The van der Waals surface area contributed by atoms with E-state index in [1.165, 1.54) is 12.3 Å². The highest BCUT2D eigenvalue weighted by Crippen LogP contribution is 2.52. The molecule has 0 spiro atoms. The molecule has 3 aliphatic heterocycles. The molecule has 44 heavy (non-hydrogen) atoms. The summed E-state index contributed by atoms with van der Waals surface area (Å²) in [5, 5.41) is 16.2. The number of hydrogen-bond donors (Lipinski definition) is 3. The largest absolute Gasteiger partial charge is 0.480 e. The van der Waals surface area contributed by atoms with Crippen LogP contribution in [0.3, 0.4) is 0 Å². The van der Waals surface area contributed by atoms with E-state index >= 15 is 8.78 Å². The molecule has 3 aromatic rings. The van der Waals surface area contributed by atoms with Gasteiger partial charge in [-0.2, -0.15) is 0 Å². The van der Waals surface area contributed by atoms with Gasteiger partial charge in [-0.3, -0.25) is 4.79 Å². The van der Waals surface area contributed by atoms with E-state index in [2.05, 4.69) is 15.6 Å². The number of aliphatic hydroxyl groups is 1. The molecule has 0 bridgehead atoms. The van der Waals surface area contributed by atoms with Crippen molar-refractivity contribution >= 4 is 17.5 Å². The zero-order valence-corrected chi connectivity index (χ0v) is 25.0. The fourth-order valence-electron chi connectivity index (χ4n) is 6.81. The predicted molar refractivity (Wildman–Crippen MR) is 159 cm³/mol. The third-order valence-electron chi connectivity index (χ3n) is 9.51. The number of nitrogens with zero attached hydrogens (tertiary/aromatic N) is 1. The quantitative estimate of drug-likeness (QED) is 0.342. The van der Waals surface area contributed by atoms with Crippen LogP contribution in [0.15, 0.2) is 42.6 Å². The molecule has 0 unspecified atom stereocenters. The number of fused-ring (bicyclic) bond motifs is 1. The lowest BCUT2D eigenvalue weighted by Crippen LogP contribution is -2.48. The van der Waals surface area contributed by atoms with Crippen molar-refractivity contribution in [3.05, 3.63) is 75.9 Å². The number of rotatable bonds is 7. The molecule has 1 aromatic heterocycles. The van der Waals surface area contributed by atoms with Crippen molar-refractivity contribution in [1.29, 1.82) is 0 Å². The molecule has 4 heterocycles. The van der Waals surface area contributed by atoms with Gasteiger partial charge in [-0.25, -0.2) is 13.8 Å². The van der Waals surface area contributed by atoms with Gasteiger partial charge in [-0.1, -0.05) is 48.9 Å². The predicted octanol–water partition coefficient (Wildman–Crippen LogP) is 4.93. The molecule has 6 atom stereocenters. The van der Waals surface area contributed by atoms with Gasteiger partial charge in [0.25, 0.3) is 11.8 Å². The molecule has 4 aliphatic rings. The Labute approximate surface area is 259 Å². The summed E-state index contributed by atoms with van der Waals surface area (Å²) in [5.41, 5.74) is 0.153. The fraction of sp³-hybridized carbons (Fsp3) is 0.455. The third-order valence-corrected chi connectivity index (χ3v) is 9.88. The van der Waals surface area contributed by atoms with Crippen molar-refractivity contribution in [3.63, 3.8) is 0 Å². The van der Waals surface area contributed by atoms with Gasteiger partial charge in [-0.15, -0.1) is 0 Å². The minimum absolute atomic E-state index is 0.0252. The van der Waals surface area contributed by atoms with Crippen molar-refractivity contribution in [2.75, 3.05) is 19.8 Å². The zero-order chi connectivity index (χ0) is 30.6. The van der Waals surface area contributed by atoms with Crippen LogP contribution in [-0.2, 0) is 16.8 Å². The molecule has 0 radical (unpaired) electrons. The summed E-state index contributed by atoms with van der Waals surface area (Å²) in [6.45, 7) is 3.56. The summed E-state index contributed by atoms with van der Waals surface area (Å²) in [5.74, 6) is -2.47. The minimum atomic E-state index is -0.960.